The number of allylic oxidation sites excluding steroid dienone is 5. The number of para-hydroxylation sites is 1. The molecular formula is C25H23NO2PPd+. The molecule has 0 atom stereocenters. The van der Waals surface area contributed by atoms with Gasteiger partial charge in [0.15, 0.2) is 5.78 Å². The summed E-state index contributed by atoms with van der Waals surface area (Å²) < 4.78 is 0. The molecule has 0 unspecified atom stereocenters. The quantitative estimate of drug-likeness (QED) is 0.328. The summed E-state index contributed by atoms with van der Waals surface area (Å²) in [6, 6.07) is 29.7. The first-order chi connectivity index (χ1) is 13.8. The van der Waals surface area contributed by atoms with E-state index in [9.17, 15) is 4.79 Å². The van der Waals surface area contributed by atoms with Gasteiger partial charge < -0.3 is 10.8 Å². The Bertz CT molecular complexity index is 1020. The monoisotopic (exact) mass is 506 g/mol. The fourth-order valence-corrected chi connectivity index (χ4v) is 5.96. The normalized spacial score (nSPS) is 13.6. The van der Waals surface area contributed by atoms with Gasteiger partial charge in [-0.1, -0.05) is 60.7 Å². The van der Waals surface area contributed by atoms with Gasteiger partial charge in [0.1, 0.15) is 23.8 Å². The molecule has 0 aromatic heterocycles. The zero-order valence-corrected chi connectivity index (χ0v) is 18.7. The van der Waals surface area contributed by atoms with Crippen molar-refractivity contribution in [3.8, 4) is 0 Å². The molecule has 1 aliphatic rings. The fourth-order valence-electron chi connectivity index (χ4n) is 3.27. The van der Waals surface area contributed by atoms with Crippen molar-refractivity contribution >= 4 is 35.3 Å². The summed E-state index contributed by atoms with van der Waals surface area (Å²) in [5.74, 6) is 0.0177. The van der Waals surface area contributed by atoms with Crippen LogP contribution < -0.4 is 21.2 Å². The van der Waals surface area contributed by atoms with Gasteiger partial charge in [0.2, 0.25) is 0 Å². The van der Waals surface area contributed by atoms with Crippen molar-refractivity contribution < 1.29 is 30.7 Å². The molecule has 3 aromatic carbocycles. The molecule has 0 heterocycles. The van der Waals surface area contributed by atoms with Gasteiger partial charge >= 0.3 is 0 Å². The van der Waals surface area contributed by atoms with E-state index in [0.717, 1.165) is 5.69 Å². The third-order valence-corrected chi connectivity index (χ3v) is 7.42. The van der Waals surface area contributed by atoms with Crippen LogP contribution in [0.1, 0.15) is 0 Å². The minimum atomic E-state index is -1.18. The Morgan fingerprint density at radius 1 is 0.700 bits per heavy atom. The van der Waals surface area contributed by atoms with E-state index in [1.54, 1.807) is 18.4 Å². The average molecular weight is 507 g/mol. The first kappa shape index (κ1) is 23.7. The summed E-state index contributed by atoms with van der Waals surface area (Å²) in [4.78, 5) is 12.0. The maximum absolute atomic E-state index is 12.0. The standard InChI is InChI=1S/C25H20NOP.H2O.Pd/c27-24-17-9-7-11-20(24)19-26-23-16-8-10-18-25(23)28(21-12-3-1-4-13-21)22-14-5-2-6-15-22;;/h1-19,26H;1H2;/p+1. The molecule has 0 fully saturated rings. The van der Waals surface area contributed by atoms with Crippen LogP contribution in [0, 0.1) is 0 Å². The van der Waals surface area contributed by atoms with Gasteiger partial charge in [0, 0.05) is 32.2 Å². The second-order valence-corrected chi connectivity index (χ2v) is 8.92. The van der Waals surface area contributed by atoms with E-state index >= 15 is 0 Å². The summed E-state index contributed by atoms with van der Waals surface area (Å²) in [6.07, 6.45) is 8.86. The summed E-state index contributed by atoms with van der Waals surface area (Å²) in [5.41, 5.74) is 1.69. The van der Waals surface area contributed by atoms with E-state index in [1.165, 1.54) is 15.9 Å². The van der Waals surface area contributed by atoms with Gasteiger partial charge in [-0.3, -0.25) is 4.79 Å². The number of anilines is 1. The van der Waals surface area contributed by atoms with Crippen molar-refractivity contribution in [2.75, 3.05) is 5.32 Å². The largest absolute Gasteiger partial charge is 0.412 e. The molecule has 30 heavy (non-hydrogen) atoms. The van der Waals surface area contributed by atoms with Crippen molar-refractivity contribution in [1.29, 1.82) is 0 Å². The van der Waals surface area contributed by atoms with Crippen LogP contribution in [-0.2, 0) is 25.2 Å². The Morgan fingerprint density at radius 3 is 1.83 bits per heavy atom. The predicted octanol–water partition coefficient (Wildman–Crippen LogP) is 3.34. The maximum atomic E-state index is 12.0. The zero-order chi connectivity index (χ0) is 19.2. The van der Waals surface area contributed by atoms with Gasteiger partial charge in [-0.2, -0.15) is 0 Å². The third-order valence-electron chi connectivity index (χ3n) is 4.62. The summed E-state index contributed by atoms with van der Waals surface area (Å²) in [7, 11) is -1.18. The van der Waals surface area contributed by atoms with E-state index in [1.807, 2.05) is 18.2 Å². The van der Waals surface area contributed by atoms with Crippen LogP contribution in [-0.4, -0.2) is 11.3 Å². The van der Waals surface area contributed by atoms with E-state index in [0.29, 0.717) is 5.57 Å². The van der Waals surface area contributed by atoms with Crippen LogP contribution in [0.5, 0.6) is 0 Å². The Hall–Kier alpha value is -2.60. The smallest absolute Gasteiger partial charge is 0.187 e. The third kappa shape index (κ3) is 5.51. The SMILES string of the molecule is O.O=C1C=CC=CC1=CNc1ccccc1[PH+](c1ccccc1)c1ccccc1.[Pd]. The van der Waals surface area contributed by atoms with Crippen LogP contribution in [0.4, 0.5) is 5.69 Å². The molecule has 3 N–H and O–H groups in total. The van der Waals surface area contributed by atoms with E-state index < -0.39 is 7.92 Å². The van der Waals surface area contributed by atoms with Gasteiger partial charge in [0.25, 0.3) is 0 Å². The van der Waals surface area contributed by atoms with E-state index in [4.69, 9.17) is 0 Å². The van der Waals surface area contributed by atoms with Gasteiger partial charge in [-0.15, -0.1) is 0 Å². The molecule has 3 nitrogen and oxygen atoms in total. The van der Waals surface area contributed by atoms with Gasteiger partial charge in [-0.25, -0.2) is 0 Å². The molecule has 0 radical (unpaired) electrons. The summed E-state index contributed by atoms with van der Waals surface area (Å²) in [6.45, 7) is 0. The summed E-state index contributed by atoms with van der Waals surface area (Å²) in [5, 5.41) is 7.32. The first-order valence-corrected chi connectivity index (χ1v) is 10.8. The number of hydrogen-bond acceptors (Lipinski definition) is 2. The van der Waals surface area contributed by atoms with Crippen LogP contribution in [0.15, 0.2) is 121 Å². The number of carbonyl (C=O) groups is 1. The molecule has 5 heteroatoms. The topological polar surface area (TPSA) is 60.6 Å². The molecule has 0 bridgehead atoms. The maximum Gasteiger partial charge on any atom is 0.187 e. The van der Waals surface area contributed by atoms with Crippen LogP contribution in [0.3, 0.4) is 0 Å². The Kier molecular flexibility index (Phi) is 9.12. The number of ketones is 1. The first-order valence-electron chi connectivity index (χ1n) is 9.26. The molecule has 0 saturated carbocycles. The Morgan fingerprint density at radius 2 is 1.23 bits per heavy atom. The molecule has 4 rings (SSSR count). The minimum Gasteiger partial charge on any atom is -0.412 e. The van der Waals surface area contributed by atoms with Crippen molar-refractivity contribution in [3.63, 3.8) is 0 Å². The van der Waals surface area contributed by atoms with Crippen molar-refractivity contribution in [2.24, 2.45) is 0 Å². The molecule has 154 valence electrons. The van der Waals surface area contributed by atoms with Gasteiger partial charge in [0.05, 0.1) is 5.69 Å². The van der Waals surface area contributed by atoms with Crippen LogP contribution in [0.25, 0.3) is 0 Å². The van der Waals surface area contributed by atoms with Gasteiger partial charge in [-0.05, 0) is 48.6 Å². The number of nitrogens with one attached hydrogen (secondary N) is 1. The summed E-state index contributed by atoms with van der Waals surface area (Å²) >= 11 is 0. The minimum absolute atomic E-state index is 0. The van der Waals surface area contributed by atoms with Crippen molar-refractivity contribution in [2.45, 2.75) is 0 Å². The molecule has 0 spiro atoms. The number of rotatable bonds is 5. The molecule has 0 aliphatic heterocycles. The predicted molar refractivity (Wildman–Crippen MR) is 125 cm³/mol. The molecular weight excluding hydrogens is 484 g/mol. The van der Waals surface area contributed by atoms with Crippen LogP contribution >= 0.6 is 7.92 Å². The molecule has 1 aliphatic carbocycles. The van der Waals surface area contributed by atoms with Crippen molar-refractivity contribution in [1.82, 2.24) is 0 Å². The number of carbonyl (C=O) groups excluding carboxylic acids is 1. The zero-order valence-electron chi connectivity index (χ0n) is 16.2. The molecule has 3 aromatic rings. The number of hydrogen-bond donors (Lipinski definition) is 1. The Balaban J connectivity index is 0.00000160. The second-order valence-electron chi connectivity index (χ2n) is 6.48. The molecule has 0 amide bonds. The Labute approximate surface area is 191 Å². The second kappa shape index (κ2) is 11.6. The van der Waals surface area contributed by atoms with E-state index in [-0.39, 0.29) is 31.7 Å². The van der Waals surface area contributed by atoms with E-state index in [2.05, 4.69) is 84.2 Å². The average Bonchev–Trinajstić information content (AvgIpc) is 2.76. The molecule has 0 saturated heterocycles. The fraction of sp³-hybridized carbons (Fsp3) is 0. The van der Waals surface area contributed by atoms with Crippen LogP contribution in [0.2, 0.25) is 0 Å². The number of benzene rings is 3. The van der Waals surface area contributed by atoms with Crippen molar-refractivity contribution in [3.05, 3.63) is 121 Å².